The van der Waals surface area contributed by atoms with Crippen molar-refractivity contribution in [2.75, 3.05) is 34.9 Å². The fraction of sp³-hybridized carbons (Fsp3) is 0.725. The van der Waals surface area contributed by atoms with E-state index in [4.69, 9.17) is 9.47 Å². The minimum atomic E-state index is -1.25. The van der Waals surface area contributed by atoms with Crippen LogP contribution in [0.4, 0.5) is 4.79 Å². The first-order valence-corrected chi connectivity index (χ1v) is 19.2. The predicted octanol–water partition coefficient (Wildman–Crippen LogP) is 3.92. The minimum absolute atomic E-state index is 0.0333. The van der Waals surface area contributed by atoms with Gasteiger partial charge in [0.1, 0.15) is 12.1 Å². The maximum absolute atomic E-state index is 14.2. The van der Waals surface area contributed by atoms with Gasteiger partial charge >= 0.3 is 6.09 Å². The van der Waals surface area contributed by atoms with Crippen molar-refractivity contribution in [2.45, 2.75) is 130 Å². The Morgan fingerprint density at radius 3 is 2.00 bits per heavy atom. The van der Waals surface area contributed by atoms with E-state index in [1.54, 1.807) is 56.7 Å². The molecule has 14 nitrogen and oxygen atoms in total. The van der Waals surface area contributed by atoms with E-state index in [-0.39, 0.29) is 47.9 Å². The van der Waals surface area contributed by atoms with Crippen LogP contribution >= 0.6 is 0 Å². The minimum Gasteiger partial charge on any atom is -0.465 e. The second-order valence-corrected chi connectivity index (χ2v) is 15.6. The lowest BCUT2D eigenvalue weighted by molar-refractivity contribution is -0.148. The first-order valence-electron chi connectivity index (χ1n) is 19.2. The number of nitrogens with zero attached hydrogens (tertiary/aromatic N) is 3. The van der Waals surface area contributed by atoms with Gasteiger partial charge in [-0.3, -0.25) is 24.1 Å². The Hall–Kier alpha value is -3.75. The van der Waals surface area contributed by atoms with Crippen molar-refractivity contribution in [3.63, 3.8) is 0 Å². The maximum atomic E-state index is 14.2. The van der Waals surface area contributed by atoms with Crippen LogP contribution in [-0.2, 0) is 28.7 Å². The smallest absolute Gasteiger partial charge is 0.407 e. The zero-order valence-electron chi connectivity index (χ0n) is 34.4. The summed E-state index contributed by atoms with van der Waals surface area (Å²) in [5.74, 6) is -2.82. The highest BCUT2D eigenvalue weighted by molar-refractivity contribution is 5.91. The van der Waals surface area contributed by atoms with Gasteiger partial charge in [0.05, 0.1) is 48.8 Å². The fourth-order valence-corrected chi connectivity index (χ4v) is 7.70. The second-order valence-electron chi connectivity index (χ2n) is 15.6. The van der Waals surface area contributed by atoms with Crippen molar-refractivity contribution in [2.24, 2.45) is 23.7 Å². The van der Waals surface area contributed by atoms with E-state index < -0.39 is 60.4 Å². The van der Waals surface area contributed by atoms with E-state index in [9.17, 15) is 34.2 Å². The van der Waals surface area contributed by atoms with Crippen molar-refractivity contribution in [3.8, 4) is 0 Å². The SMILES string of the molecule is CC[C@H](C)[C@@H]([C@H](CC(=O)N1CCC[C@H]1[C@H](OC)[C@@H](C)C(=O)N[C@@H](C)[C@H](O)c1ccccc1)OC)N(C)C(=O)[C@@H](NC(=O)[C@H](C(C)C)N(C)C(=O)O)C(C)C. The van der Waals surface area contributed by atoms with Crippen LogP contribution in [0.15, 0.2) is 30.3 Å². The molecule has 0 radical (unpaired) electrons. The Kier molecular flexibility index (Phi) is 18.4. The summed E-state index contributed by atoms with van der Waals surface area (Å²) in [5, 5.41) is 26.2. The number of methoxy groups -OCH3 is 2. The monoisotopic (exact) mass is 761 g/mol. The van der Waals surface area contributed by atoms with Crippen LogP contribution in [0.1, 0.15) is 92.7 Å². The van der Waals surface area contributed by atoms with Gasteiger partial charge < -0.3 is 40.1 Å². The average molecular weight is 762 g/mol. The quantitative estimate of drug-likeness (QED) is 0.153. The number of carbonyl (C=O) groups excluding carboxylic acids is 4. The van der Waals surface area contributed by atoms with Gasteiger partial charge in [-0.1, -0.05) is 85.2 Å². The molecule has 0 spiro atoms. The normalized spacial score (nSPS) is 19.5. The van der Waals surface area contributed by atoms with Crippen LogP contribution in [0.2, 0.25) is 0 Å². The van der Waals surface area contributed by atoms with Crippen molar-refractivity contribution >= 4 is 29.7 Å². The summed E-state index contributed by atoms with van der Waals surface area (Å²) >= 11 is 0. The molecule has 0 unspecified atom stereocenters. The molecule has 1 saturated heterocycles. The third-order valence-electron chi connectivity index (χ3n) is 11.1. The van der Waals surface area contributed by atoms with Crippen LogP contribution in [0.25, 0.3) is 0 Å². The molecule has 0 aliphatic carbocycles. The van der Waals surface area contributed by atoms with Crippen LogP contribution in [0.5, 0.6) is 0 Å². The zero-order chi connectivity index (χ0) is 41.0. The number of rotatable bonds is 20. The van der Waals surface area contributed by atoms with Crippen LogP contribution in [0.3, 0.4) is 0 Å². The number of aliphatic hydroxyl groups excluding tert-OH is 1. The van der Waals surface area contributed by atoms with Gasteiger partial charge in [0.15, 0.2) is 0 Å². The summed E-state index contributed by atoms with van der Waals surface area (Å²) in [7, 11) is 6.02. The van der Waals surface area contributed by atoms with Crippen LogP contribution in [-0.4, -0.2) is 132 Å². The van der Waals surface area contributed by atoms with Crippen molar-refractivity contribution in [1.29, 1.82) is 0 Å². The van der Waals surface area contributed by atoms with Crippen molar-refractivity contribution < 1.29 is 43.7 Å². The molecule has 1 aliphatic heterocycles. The molecule has 1 aromatic rings. The summed E-state index contributed by atoms with van der Waals surface area (Å²) in [6.07, 6.45) is -1.45. The molecule has 10 atom stereocenters. The number of amides is 5. The van der Waals surface area contributed by atoms with Gasteiger partial charge in [-0.25, -0.2) is 4.79 Å². The number of aliphatic hydroxyl groups is 1. The molecule has 14 heteroatoms. The van der Waals surface area contributed by atoms with Gasteiger partial charge in [0.2, 0.25) is 23.6 Å². The Bertz CT molecular complexity index is 1380. The summed E-state index contributed by atoms with van der Waals surface area (Å²) < 4.78 is 11.9. The molecule has 5 amide bonds. The zero-order valence-corrected chi connectivity index (χ0v) is 34.4. The Balaban J connectivity index is 2.27. The lowest BCUT2D eigenvalue weighted by Gasteiger charge is -2.41. The fourth-order valence-electron chi connectivity index (χ4n) is 7.70. The summed E-state index contributed by atoms with van der Waals surface area (Å²) in [6, 6.07) is 5.67. The Morgan fingerprint density at radius 2 is 1.50 bits per heavy atom. The topological polar surface area (TPSA) is 178 Å². The predicted molar refractivity (Wildman–Crippen MR) is 206 cm³/mol. The third-order valence-corrected chi connectivity index (χ3v) is 11.1. The molecule has 1 aromatic carbocycles. The standard InChI is InChI=1S/C40H67N5O9/c1-13-25(6)34(43(9)39(50)32(23(2)3)42-38(49)33(24(4)5)44(10)40(51)52)30(53-11)22-31(46)45-21-17-20-29(45)36(54-12)26(7)37(48)41-27(8)35(47)28-18-15-14-16-19-28/h14-16,18-19,23-27,29-30,32-36,47H,13,17,20-22H2,1-12H3,(H,41,48)(H,42,49)(H,51,52)/t25-,26+,27-,29-,30-,32-,33-,34-,35-,36+/m0/s1. The molecule has 1 aliphatic rings. The maximum Gasteiger partial charge on any atom is 0.407 e. The van der Waals surface area contributed by atoms with E-state index in [1.807, 2.05) is 45.9 Å². The molecule has 4 N–H and O–H groups in total. The van der Waals surface area contributed by atoms with Crippen LogP contribution < -0.4 is 10.6 Å². The number of likely N-dealkylation sites (N-methyl/N-ethyl adjacent to an activating group) is 2. The van der Waals surface area contributed by atoms with E-state index in [0.29, 0.717) is 24.9 Å². The molecule has 54 heavy (non-hydrogen) atoms. The number of ether oxygens (including phenoxy) is 2. The van der Waals surface area contributed by atoms with E-state index in [1.165, 1.54) is 21.3 Å². The van der Waals surface area contributed by atoms with Gasteiger partial charge in [0.25, 0.3) is 0 Å². The molecule has 1 fully saturated rings. The second kappa shape index (κ2) is 21.4. The first-order chi connectivity index (χ1) is 25.3. The Labute approximate surface area is 322 Å². The summed E-state index contributed by atoms with van der Waals surface area (Å²) in [4.78, 5) is 71.3. The lowest BCUT2D eigenvalue weighted by Crippen LogP contribution is -2.60. The highest BCUT2D eigenvalue weighted by Crippen LogP contribution is 2.30. The molecule has 0 saturated carbocycles. The number of carboxylic acid groups (broad SMARTS) is 1. The average Bonchev–Trinajstić information content (AvgIpc) is 3.62. The number of hydrogen-bond donors (Lipinski definition) is 4. The summed E-state index contributed by atoms with van der Waals surface area (Å²) in [5.41, 5.74) is 0.692. The highest BCUT2D eigenvalue weighted by atomic mass is 16.5. The van der Waals surface area contributed by atoms with Crippen molar-refractivity contribution in [1.82, 2.24) is 25.3 Å². The van der Waals surface area contributed by atoms with Gasteiger partial charge in [0, 0.05) is 34.9 Å². The number of nitrogens with one attached hydrogen (secondary N) is 2. The number of benzene rings is 1. The molecule has 2 rings (SSSR count). The number of likely N-dealkylation sites (tertiary alicyclic amines) is 1. The van der Waals surface area contributed by atoms with Gasteiger partial charge in [-0.2, -0.15) is 0 Å². The molecular weight excluding hydrogens is 694 g/mol. The van der Waals surface area contributed by atoms with E-state index in [0.717, 1.165) is 11.3 Å². The van der Waals surface area contributed by atoms with E-state index in [2.05, 4.69) is 10.6 Å². The molecule has 306 valence electrons. The first kappa shape index (κ1) is 46.4. The lowest BCUT2D eigenvalue weighted by atomic mass is 9.89. The van der Waals surface area contributed by atoms with E-state index >= 15 is 0 Å². The molecule has 0 bridgehead atoms. The highest BCUT2D eigenvalue weighted by Gasteiger charge is 2.43. The molecular formula is C40H67N5O9. The molecule has 1 heterocycles. The largest absolute Gasteiger partial charge is 0.465 e. The Morgan fingerprint density at radius 1 is 0.889 bits per heavy atom. The third kappa shape index (κ3) is 11.6. The van der Waals surface area contributed by atoms with Gasteiger partial charge in [-0.05, 0) is 43.1 Å². The van der Waals surface area contributed by atoms with Crippen LogP contribution in [0, 0.1) is 23.7 Å². The number of carbonyl (C=O) groups is 5. The van der Waals surface area contributed by atoms with Gasteiger partial charge in [-0.15, -0.1) is 0 Å². The number of hydrogen-bond acceptors (Lipinski definition) is 8. The molecule has 0 aromatic heterocycles. The summed E-state index contributed by atoms with van der Waals surface area (Å²) in [6.45, 7) is 15.1. The van der Waals surface area contributed by atoms with Crippen molar-refractivity contribution in [3.05, 3.63) is 35.9 Å².